The molecule has 0 spiro atoms. The largest absolute Gasteiger partial charge is 0.364 e. The van der Waals surface area contributed by atoms with Crippen molar-refractivity contribution in [3.8, 4) is 0 Å². The van der Waals surface area contributed by atoms with Crippen LogP contribution in [0.15, 0.2) is 29.6 Å². The fourth-order valence-corrected chi connectivity index (χ4v) is 3.80. The Morgan fingerprint density at radius 2 is 2.26 bits per heavy atom. The average Bonchev–Trinajstić information content (AvgIpc) is 2.89. The van der Waals surface area contributed by atoms with Gasteiger partial charge in [-0.25, -0.2) is 4.39 Å². The van der Waals surface area contributed by atoms with Crippen molar-refractivity contribution in [2.45, 2.75) is 25.9 Å². The highest BCUT2D eigenvalue weighted by molar-refractivity contribution is 7.10. The van der Waals surface area contributed by atoms with Crippen LogP contribution in [0, 0.1) is 5.82 Å². The molecule has 1 aromatic carbocycles. The molecule has 0 amide bonds. The van der Waals surface area contributed by atoms with E-state index in [1.807, 2.05) is 17.4 Å². The van der Waals surface area contributed by atoms with Crippen LogP contribution < -0.4 is 10.6 Å². The Morgan fingerprint density at radius 3 is 3.05 bits per heavy atom. The van der Waals surface area contributed by atoms with Gasteiger partial charge in [0.1, 0.15) is 5.82 Å². The number of rotatable bonds is 2. The summed E-state index contributed by atoms with van der Waals surface area (Å²) in [5.41, 5.74) is 9.09. The van der Waals surface area contributed by atoms with Gasteiger partial charge >= 0.3 is 0 Å². The van der Waals surface area contributed by atoms with Crippen LogP contribution in [0.3, 0.4) is 0 Å². The SMILES string of the molecule is CC1c2ccsc2CCN1c1ccc(F)cc1CN. The van der Waals surface area contributed by atoms with E-state index in [2.05, 4.69) is 23.3 Å². The molecule has 19 heavy (non-hydrogen) atoms. The predicted octanol–water partition coefficient (Wildman–Crippen LogP) is 3.47. The second kappa shape index (κ2) is 4.94. The lowest BCUT2D eigenvalue weighted by atomic mass is 9.99. The van der Waals surface area contributed by atoms with E-state index in [1.54, 1.807) is 6.07 Å². The molecule has 0 aliphatic carbocycles. The van der Waals surface area contributed by atoms with Gasteiger partial charge in [0.15, 0.2) is 0 Å². The molecule has 1 aliphatic heterocycles. The normalized spacial score (nSPS) is 18.5. The number of hydrogen-bond donors (Lipinski definition) is 1. The fraction of sp³-hybridized carbons (Fsp3) is 0.333. The highest BCUT2D eigenvalue weighted by Crippen LogP contribution is 2.37. The molecule has 0 radical (unpaired) electrons. The van der Waals surface area contributed by atoms with Crippen LogP contribution in [-0.4, -0.2) is 6.54 Å². The molecule has 1 aromatic heterocycles. The van der Waals surface area contributed by atoms with Crippen LogP contribution in [-0.2, 0) is 13.0 Å². The molecule has 0 bridgehead atoms. The summed E-state index contributed by atoms with van der Waals surface area (Å²) >= 11 is 1.83. The summed E-state index contributed by atoms with van der Waals surface area (Å²) in [5.74, 6) is -0.218. The Morgan fingerprint density at radius 1 is 1.42 bits per heavy atom. The Kier molecular flexibility index (Phi) is 3.29. The third-order valence-corrected chi connectivity index (χ3v) is 4.84. The van der Waals surface area contributed by atoms with E-state index in [4.69, 9.17) is 5.73 Å². The number of benzene rings is 1. The van der Waals surface area contributed by atoms with Crippen LogP contribution >= 0.6 is 11.3 Å². The molecule has 1 aliphatic rings. The Labute approximate surface area is 116 Å². The van der Waals surface area contributed by atoms with Crippen LogP contribution in [0.2, 0.25) is 0 Å². The maximum Gasteiger partial charge on any atom is 0.123 e. The van der Waals surface area contributed by atoms with Crippen LogP contribution in [0.4, 0.5) is 10.1 Å². The van der Waals surface area contributed by atoms with Crippen molar-refractivity contribution < 1.29 is 4.39 Å². The van der Waals surface area contributed by atoms with Gasteiger partial charge in [-0.05, 0) is 54.1 Å². The van der Waals surface area contributed by atoms with Gasteiger partial charge in [0, 0.05) is 23.7 Å². The van der Waals surface area contributed by atoms with E-state index in [0.717, 1.165) is 24.2 Å². The van der Waals surface area contributed by atoms with Gasteiger partial charge in [-0.3, -0.25) is 0 Å². The maximum atomic E-state index is 13.3. The third-order valence-electron chi connectivity index (χ3n) is 3.85. The minimum absolute atomic E-state index is 0.218. The zero-order valence-electron chi connectivity index (χ0n) is 10.9. The lowest BCUT2D eigenvalue weighted by molar-refractivity contribution is 0.614. The number of thiophene rings is 1. The zero-order chi connectivity index (χ0) is 13.4. The average molecular weight is 276 g/mol. The molecule has 1 unspecified atom stereocenters. The smallest absolute Gasteiger partial charge is 0.123 e. The van der Waals surface area contributed by atoms with E-state index in [9.17, 15) is 4.39 Å². The predicted molar refractivity (Wildman–Crippen MR) is 78.1 cm³/mol. The molecule has 2 heterocycles. The quantitative estimate of drug-likeness (QED) is 0.910. The molecule has 0 saturated carbocycles. The summed E-state index contributed by atoms with van der Waals surface area (Å²) in [7, 11) is 0. The fourth-order valence-electron chi connectivity index (χ4n) is 2.84. The molecular weight excluding hydrogens is 259 g/mol. The highest BCUT2D eigenvalue weighted by Gasteiger charge is 2.26. The molecule has 100 valence electrons. The minimum Gasteiger partial charge on any atom is -0.364 e. The Balaban J connectivity index is 2.00. The number of nitrogens with two attached hydrogens (primary N) is 1. The molecule has 2 aromatic rings. The second-order valence-corrected chi connectivity index (χ2v) is 5.90. The number of nitrogens with zero attached hydrogens (tertiary/aromatic N) is 1. The van der Waals surface area contributed by atoms with E-state index >= 15 is 0 Å². The number of fused-ring (bicyclic) bond motifs is 1. The summed E-state index contributed by atoms with van der Waals surface area (Å²) < 4.78 is 13.3. The van der Waals surface area contributed by atoms with Gasteiger partial charge < -0.3 is 10.6 Å². The summed E-state index contributed by atoms with van der Waals surface area (Å²) in [5, 5.41) is 2.15. The van der Waals surface area contributed by atoms with Crippen molar-refractivity contribution in [2.75, 3.05) is 11.4 Å². The first-order chi connectivity index (χ1) is 9.20. The molecule has 2 N–H and O–H groups in total. The molecule has 0 saturated heterocycles. The Bertz CT molecular complexity index is 594. The molecule has 4 heteroatoms. The molecule has 2 nitrogen and oxygen atoms in total. The maximum absolute atomic E-state index is 13.3. The van der Waals surface area contributed by atoms with Gasteiger partial charge in [0.2, 0.25) is 0 Å². The van der Waals surface area contributed by atoms with Crippen LogP contribution in [0.5, 0.6) is 0 Å². The standard InChI is InChI=1S/C15H17FN2S/c1-10-13-5-7-19-15(13)4-6-18(10)14-3-2-12(16)8-11(14)9-17/h2-3,5,7-8,10H,4,6,9,17H2,1H3. The van der Waals surface area contributed by atoms with Gasteiger partial charge in [0.25, 0.3) is 0 Å². The summed E-state index contributed by atoms with van der Waals surface area (Å²) in [4.78, 5) is 3.80. The number of hydrogen-bond acceptors (Lipinski definition) is 3. The van der Waals surface area contributed by atoms with Crippen molar-refractivity contribution in [3.05, 3.63) is 51.5 Å². The van der Waals surface area contributed by atoms with Crippen molar-refractivity contribution in [2.24, 2.45) is 5.73 Å². The van der Waals surface area contributed by atoms with Crippen molar-refractivity contribution in [1.82, 2.24) is 0 Å². The van der Waals surface area contributed by atoms with Gasteiger partial charge in [-0.1, -0.05) is 0 Å². The van der Waals surface area contributed by atoms with E-state index in [-0.39, 0.29) is 5.82 Å². The minimum atomic E-state index is -0.218. The first kappa shape index (κ1) is 12.6. The van der Waals surface area contributed by atoms with E-state index < -0.39 is 0 Å². The summed E-state index contributed by atoms with van der Waals surface area (Å²) in [6.07, 6.45) is 1.05. The van der Waals surface area contributed by atoms with Crippen LogP contribution in [0.1, 0.15) is 29.0 Å². The highest BCUT2D eigenvalue weighted by atomic mass is 32.1. The monoisotopic (exact) mass is 276 g/mol. The summed E-state index contributed by atoms with van der Waals surface area (Å²) in [6, 6.07) is 7.44. The zero-order valence-corrected chi connectivity index (χ0v) is 11.7. The first-order valence-electron chi connectivity index (χ1n) is 6.52. The van der Waals surface area contributed by atoms with Gasteiger partial charge in [-0.15, -0.1) is 11.3 Å². The molecule has 0 fully saturated rings. The van der Waals surface area contributed by atoms with Crippen LogP contribution in [0.25, 0.3) is 0 Å². The lowest BCUT2D eigenvalue weighted by Gasteiger charge is -2.36. The number of halogens is 1. The molecule has 3 rings (SSSR count). The first-order valence-corrected chi connectivity index (χ1v) is 7.40. The van der Waals surface area contributed by atoms with E-state index in [1.165, 1.54) is 16.5 Å². The molecule has 1 atom stereocenters. The molecular formula is C15H17FN2S. The summed E-state index contributed by atoms with van der Waals surface area (Å²) in [6.45, 7) is 3.54. The van der Waals surface area contributed by atoms with Gasteiger partial charge in [-0.2, -0.15) is 0 Å². The second-order valence-electron chi connectivity index (χ2n) is 4.90. The lowest BCUT2D eigenvalue weighted by Crippen LogP contribution is -2.34. The third kappa shape index (κ3) is 2.15. The van der Waals surface area contributed by atoms with Gasteiger partial charge in [0.05, 0.1) is 6.04 Å². The van der Waals surface area contributed by atoms with E-state index in [0.29, 0.717) is 12.6 Å². The van der Waals surface area contributed by atoms with Crippen molar-refractivity contribution in [3.63, 3.8) is 0 Å². The topological polar surface area (TPSA) is 29.3 Å². The Hall–Kier alpha value is -1.39. The number of anilines is 1. The van der Waals surface area contributed by atoms with Crippen molar-refractivity contribution in [1.29, 1.82) is 0 Å². The van der Waals surface area contributed by atoms with Crippen molar-refractivity contribution >= 4 is 17.0 Å².